The summed E-state index contributed by atoms with van der Waals surface area (Å²) in [5.74, 6) is 1.32. The molecule has 7 nitrogen and oxygen atoms in total. The van der Waals surface area contributed by atoms with E-state index in [9.17, 15) is 9.59 Å². The van der Waals surface area contributed by atoms with E-state index in [1.165, 1.54) is 0 Å². The van der Waals surface area contributed by atoms with E-state index >= 15 is 0 Å². The first-order valence-electron chi connectivity index (χ1n) is 11.1. The van der Waals surface area contributed by atoms with Gasteiger partial charge in [-0.25, -0.2) is 0 Å². The number of rotatable bonds is 8. The number of carbonyl (C=O) groups excluding carboxylic acids is 2. The first-order chi connectivity index (χ1) is 16.6. The number of benzene rings is 3. The fraction of sp³-hybridized carbons (Fsp3) is 0.259. The molecule has 3 aromatic carbocycles. The number of carbonyl (C=O) groups is 2. The van der Waals surface area contributed by atoms with Crippen molar-refractivity contribution in [3.8, 4) is 17.2 Å². The van der Waals surface area contributed by atoms with E-state index in [0.29, 0.717) is 42.4 Å². The largest absolute Gasteiger partial charge is 0.493 e. The van der Waals surface area contributed by atoms with Gasteiger partial charge in [0.1, 0.15) is 5.75 Å². The first kappa shape index (κ1) is 23.2. The van der Waals surface area contributed by atoms with E-state index in [2.05, 4.69) is 5.32 Å². The number of ether oxygens (including phenoxy) is 3. The van der Waals surface area contributed by atoms with Crippen molar-refractivity contribution in [3.05, 3.63) is 89.0 Å². The molecule has 2 amide bonds. The molecule has 0 radical (unpaired) electrons. The monoisotopic (exact) mass is 460 g/mol. The normalized spacial score (nSPS) is 12.5. The van der Waals surface area contributed by atoms with Gasteiger partial charge in [-0.2, -0.15) is 0 Å². The molecule has 3 aromatic rings. The molecule has 0 atom stereocenters. The Morgan fingerprint density at radius 2 is 1.56 bits per heavy atom. The summed E-state index contributed by atoms with van der Waals surface area (Å²) in [5.41, 5.74) is 3.57. The van der Waals surface area contributed by atoms with Crippen LogP contribution in [0.5, 0.6) is 17.2 Å². The van der Waals surface area contributed by atoms with Gasteiger partial charge in [-0.15, -0.1) is 0 Å². The van der Waals surface area contributed by atoms with Gasteiger partial charge in [-0.05, 0) is 47.4 Å². The lowest BCUT2D eigenvalue weighted by Crippen LogP contribution is -2.39. The predicted octanol–water partition coefficient (Wildman–Crippen LogP) is 3.60. The van der Waals surface area contributed by atoms with Crippen molar-refractivity contribution in [1.29, 1.82) is 0 Å². The summed E-state index contributed by atoms with van der Waals surface area (Å²) >= 11 is 0. The molecule has 0 spiro atoms. The molecule has 7 heteroatoms. The number of nitrogens with one attached hydrogen (secondary N) is 1. The summed E-state index contributed by atoms with van der Waals surface area (Å²) in [6, 6.07) is 20.5. The van der Waals surface area contributed by atoms with Crippen molar-refractivity contribution in [3.63, 3.8) is 0 Å². The van der Waals surface area contributed by atoms with Crippen molar-refractivity contribution in [1.82, 2.24) is 10.2 Å². The van der Waals surface area contributed by atoms with Crippen molar-refractivity contribution >= 4 is 11.8 Å². The van der Waals surface area contributed by atoms with E-state index in [4.69, 9.17) is 14.2 Å². The first-order valence-corrected chi connectivity index (χ1v) is 11.1. The van der Waals surface area contributed by atoms with Crippen LogP contribution in [0.2, 0.25) is 0 Å². The lowest BCUT2D eigenvalue weighted by Gasteiger charge is -2.29. The van der Waals surface area contributed by atoms with Gasteiger partial charge in [0, 0.05) is 19.6 Å². The van der Waals surface area contributed by atoms with Crippen LogP contribution in [-0.2, 0) is 24.3 Å². The zero-order valence-corrected chi connectivity index (χ0v) is 19.4. The molecule has 1 heterocycles. The number of para-hydroxylation sites is 1. The van der Waals surface area contributed by atoms with Gasteiger partial charge in [0.05, 0.1) is 19.8 Å². The summed E-state index contributed by atoms with van der Waals surface area (Å²) in [4.78, 5) is 27.4. The van der Waals surface area contributed by atoms with Crippen molar-refractivity contribution in [2.24, 2.45) is 0 Å². The minimum Gasteiger partial charge on any atom is -0.493 e. The third kappa shape index (κ3) is 5.31. The number of amides is 2. The van der Waals surface area contributed by atoms with Gasteiger partial charge < -0.3 is 24.4 Å². The zero-order valence-electron chi connectivity index (χ0n) is 19.4. The topological polar surface area (TPSA) is 77.1 Å². The number of hydrogen-bond donors (Lipinski definition) is 1. The van der Waals surface area contributed by atoms with Crippen LogP contribution in [0.1, 0.15) is 27.0 Å². The molecule has 1 aliphatic heterocycles. The van der Waals surface area contributed by atoms with E-state index in [-0.39, 0.29) is 18.4 Å². The van der Waals surface area contributed by atoms with Crippen LogP contribution in [-0.4, -0.2) is 44.1 Å². The number of fused-ring (bicyclic) bond motifs is 1. The van der Waals surface area contributed by atoms with Crippen LogP contribution in [0.4, 0.5) is 0 Å². The zero-order chi connectivity index (χ0) is 23.9. The van der Waals surface area contributed by atoms with Gasteiger partial charge in [-0.3, -0.25) is 9.59 Å². The maximum Gasteiger partial charge on any atom is 0.260 e. The molecule has 1 N–H and O–H groups in total. The van der Waals surface area contributed by atoms with Crippen LogP contribution in [0.15, 0.2) is 66.7 Å². The van der Waals surface area contributed by atoms with Crippen LogP contribution in [0.25, 0.3) is 0 Å². The Labute approximate surface area is 199 Å². The summed E-state index contributed by atoms with van der Waals surface area (Å²) in [7, 11) is 3.21. The second-order valence-corrected chi connectivity index (χ2v) is 7.99. The molecule has 0 bridgehead atoms. The van der Waals surface area contributed by atoms with Gasteiger partial charge in [0.15, 0.2) is 18.1 Å². The molecular weight excluding hydrogens is 432 g/mol. The van der Waals surface area contributed by atoms with Crippen molar-refractivity contribution in [2.45, 2.75) is 19.5 Å². The highest BCUT2D eigenvalue weighted by molar-refractivity contribution is 5.97. The highest BCUT2D eigenvalue weighted by Crippen LogP contribution is 2.33. The SMILES string of the molecule is COc1cc2c(cc1OC)CN(C(=O)COc1ccccc1C(=O)NCc1ccccc1)CC2. The third-order valence-corrected chi connectivity index (χ3v) is 5.85. The van der Waals surface area contributed by atoms with E-state index < -0.39 is 0 Å². The Balaban J connectivity index is 1.38. The molecular formula is C27H28N2O5. The van der Waals surface area contributed by atoms with Crippen LogP contribution < -0.4 is 19.5 Å². The Morgan fingerprint density at radius 3 is 2.29 bits per heavy atom. The quantitative estimate of drug-likeness (QED) is 0.556. The average molecular weight is 461 g/mol. The molecule has 176 valence electrons. The second kappa shape index (κ2) is 10.7. The van der Waals surface area contributed by atoms with Crippen LogP contribution >= 0.6 is 0 Å². The fourth-order valence-electron chi connectivity index (χ4n) is 3.98. The lowest BCUT2D eigenvalue weighted by molar-refractivity contribution is -0.134. The molecule has 0 aromatic heterocycles. The van der Waals surface area contributed by atoms with E-state index in [1.54, 1.807) is 43.4 Å². The average Bonchev–Trinajstić information content (AvgIpc) is 2.89. The van der Waals surface area contributed by atoms with Crippen molar-refractivity contribution < 1.29 is 23.8 Å². The Morgan fingerprint density at radius 1 is 0.882 bits per heavy atom. The predicted molar refractivity (Wildman–Crippen MR) is 128 cm³/mol. The smallest absolute Gasteiger partial charge is 0.260 e. The molecule has 0 fully saturated rings. The number of nitrogens with zero attached hydrogens (tertiary/aromatic N) is 1. The highest BCUT2D eigenvalue weighted by Gasteiger charge is 2.23. The van der Waals surface area contributed by atoms with Crippen LogP contribution in [0, 0.1) is 0 Å². The molecule has 0 saturated heterocycles. The fourth-order valence-corrected chi connectivity index (χ4v) is 3.98. The van der Waals surface area contributed by atoms with E-state index in [0.717, 1.165) is 23.1 Å². The number of methoxy groups -OCH3 is 2. The molecule has 0 unspecified atom stereocenters. The van der Waals surface area contributed by atoms with Gasteiger partial charge in [0.2, 0.25) is 0 Å². The minimum absolute atomic E-state index is 0.139. The third-order valence-electron chi connectivity index (χ3n) is 5.85. The molecule has 0 saturated carbocycles. The number of hydrogen-bond acceptors (Lipinski definition) is 5. The highest BCUT2D eigenvalue weighted by atomic mass is 16.5. The summed E-state index contributed by atoms with van der Waals surface area (Å²) in [6.45, 7) is 1.32. The van der Waals surface area contributed by atoms with Gasteiger partial charge >= 0.3 is 0 Å². The van der Waals surface area contributed by atoms with Gasteiger partial charge in [0.25, 0.3) is 11.8 Å². The maximum absolute atomic E-state index is 12.9. The molecule has 1 aliphatic rings. The Kier molecular flexibility index (Phi) is 7.32. The lowest BCUT2D eigenvalue weighted by atomic mass is 9.99. The van der Waals surface area contributed by atoms with Crippen LogP contribution in [0.3, 0.4) is 0 Å². The summed E-state index contributed by atoms with van der Waals surface area (Å²) < 4.78 is 16.6. The van der Waals surface area contributed by atoms with E-state index in [1.807, 2.05) is 42.5 Å². The molecule has 0 aliphatic carbocycles. The Bertz CT molecular complexity index is 1160. The van der Waals surface area contributed by atoms with Crippen molar-refractivity contribution in [2.75, 3.05) is 27.4 Å². The summed E-state index contributed by atoms with van der Waals surface area (Å²) in [6.07, 6.45) is 0.722. The van der Waals surface area contributed by atoms with Gasteiger partial charge in [-0.1, -0.05) is 42.5 Å². The minimum atomic E-state index is -0.250. The Hall–Kier alpha value is -4.00. The summed E-state index contributed by atoms with van der Waals surface area (Å²) in [5, 5.41) is 2.90. The maximum atomic E-state index is 12.9. The second-order valence-electron chi connectivity index (χ2n) is 7.99. The standard InChI is InChI=1S/C27H28N2O5/c1-32-24-14-20-12-13-29(17-21(20)15-25(24)33-2)26(30)18-34-23-11-7-6-10-22(23)27(31)28-16-19-8-4-3-5-9-19/h3-11,14-15H,12-13,16-18H2,1-2H3,(H,28,31). The molecule has 4 rings (SSSR count). The molecule has 34 heavy (non-hydrogen) atoms.